The average Bonchev–Trinajstić information content (AvgIpc) is 0. The van der Waals surface area contributed by atoms with Crippen LogP contribution in [0.4, 0.5) is 0 Å². The molecule has 0 amide bonds. The zero-order valence-corrected chi connectivity index (χ0v) is 9.51. The largest absolute Gasteiger partial charge is 4.00 e. The summed E-state index contributed by atoms with van der Waals surface area (Å²) in [7, 11) is 0. The van der Waals surface area contributed by atoms with Crippen LogP contribution in [0, 0.1) is 0 Å². The summed E-state index contributed by atoms with van der Waals surface area (Å²) in [5.74, 6) is 0. The molecule has 0 aliphatic rings. The van der Waals surface area contributed by atoms with E-state index in [0.717, 1.165) is 0 Å². The van der Waals surface area contributed by atoms with Gasteiger partial charge in [-0.25, -0.2) is 0 Å². The molecular formula is BiFeO5Ru. The average molecular weight is 446 g/mol. The molecule has 5 nitrogen and oxygen atoms in total. The van der Waals surface area contributed by atoms with E-state index in [-0.39, 0.29) is 90.1 Å². The molecule has 3 radical (unpaired) electrons. The van der Waals surface area contributed by atoms with E-state index in [2.05, 4.69) is 0 Å². The zero-order valence-electron chi connectivity index (χ0n) is 3.20. The molecule has 0 aromatic rings. The molecule has 0 aromatic heterocycles. The van der Waals surface area contributed by atoms with Crippen LogP contribution < -0.4 is 0 Å². The van der Waals surface area contributed by atoms with E-state index in [1.165, 1.54) is 0 Å². The third kappa shape index (κ3) is 109. The van der Waals surface area contributed by atoms with Crippen molar-refractivity contribution in [3.05, 3.63) is 0 Å². The van der Waals surface area contributed by atoms with Crippen molar-refractivity contribution in [2.45, 2.75) is 0 Å². The number of rotatable bonds is 0. The van der Waals surface area contributed by atoms with Crippen molar-refractivity contribution in [1.82, 2.24) is 0 Å². The van der Waals surface area contributed by atoms with Crippen molar-refractivity contribution in [3.63, 3.8) is 0 Å². The van der Waals surface area contributed by atoms with Gasteiger partial charge in [0.2, 0.25) is 0 Å². The molecule has 51 valence electrons. The van der Waals surface area contributed by atoms with Crippen molar-refractivity contribution < 1.29 is 63.9 Å². The van der Waals surface area contributed by atoms with Gasteiger partial charge in [0.05, 0.1) is 0 Å². The standard InChI is InChI=1S/Bi.Fe.5O.Ru/q2*+3;5*-2;+4. The van der Waals surface area contributed by atoms with Gasteiger partial charge in [-0.2, -0.15) is 0 Å². The van der Waals surface area contributed by atoms with E-state index in [4.69, 9.17) is 0 Å². The molecule has 0 spiro atoms. The first-order valence-electron chi connectivity index (χ1n) is 0. The van der Waals surface area contributed by atoms with Gasteiger partial charge in [0, 0.05) is 0 Å². The molecule has 0 saturated carbocycles. The molecule has 0 aromatic carbocycles. The van der Waals surface area contributed by atoms with Crippen LogP contribution >= 0.6 is 0 Å². The summed E-state index contributed by atoms with van der Waals surface area (Å²) < 4.78 is 0. The van der Waals surface area contributed by atoms with Crippen molar-refractivity contribution in [1.29, 1.82) is 0 Å². The minimum Gasteiger partial charge on any atom is -2.00 e. The second kappa shape index (κ2) is 162. The van der Waals surface area contributed by atoms with Crippen LogP contribution in [0.15, 0.2) is 0 Å². The van der Waals surface area contributed by atoms with Crippen LogP contribution in [0.5, 0.6) is 0 Å². The Balaban J connectivity index is 0. The molecule has 0 heterocycles. The summed E-state index contributed by atoms with van der Waals surface area (Å²) in [4.78, 5) is 0. The molecule has 0 atom stereocenters. The Kier molecular flexibility index (Phi) is 4650. The molecule has 0 unspecified atom stereocenters. The van der Waals surface area contributed by atoms with E-state index in [9.17, 15) is 0 Å². The Labute approximate surface area is 89.5 Å². The Morgan fingerprint density at radius 2 is 0.500 bits per heavy atom. The minimum absolute atomic E-state index is 0. The quantitative estimate of drug-likeness (QED) is 0.422. The van der Waals surface area contributed by atoms with E-state index in [1.54, 1.807) is 0 Å². The number of hydrogen-bond donors (Lipinski definition) is 0. The van der Waals surface area contributed by atoms with Gasteiger partial charge in [-0.3, -0.25) is 0 Å². The molecule has 0 N–H and O–H groups in total. The van der Waals surface area contributed by atoms with Gasteiger partial charge in [0.25, 0.3) is 0 Å². The summed E-state index contributed by atoms with van der Waals surface area (Å²) in [5.41, 5.74) is 0. The fourth-order valence-corrected chi connectivity index (χ4v) is 0. The maximum absolute atomic E-state index is 0. The molecule has 8 heteroatoms. The second-order valence-electron chi connectivity index (χ2n) is 0. The molecule has 0 aliphatic heterocycles. The first-order valence-corrected chi connectivity index (χ1v) is 0. The van der Waals surface area contributed by atoms with Crippen LogP contribution in [-0.2, 0) is 63.9 Å². The first kappa shape index (κ1) is 230. The Morgan fingerprint density at radius 3 is 0.500 bits per heavy atom. The fraction of sp³-hybridized carbons (Fsp3) is 0. The van der Waals surface area contributed by atoms with Crippen molar-refractivity contribution in [2.24, 2.45) is 0 Å². The van der Waals surface area contributed by atoms with Crippen molar-refractivity contribution >= 4 is 26.2 Å². The summed E-state index contributed by atoms with van der Waals surface area (Å²) in [6.45, 7) is 0. The van der Waals surface area contributed by atoms with Gasteiger partial charge >= 0.3 is 62.8 Å². The maximum Gasteiger partial charge on any atom is 4.00 e. The van der Waals surface area contributed by atoms with Gasteiger partial charge in [-0.1, -0.05) is 0 Å². The predicted octanol–water partition coefficient (Wildman–Crippen LogP) is -0.980. The molecule has 0 aliphatic carbocycles. The van der Waals surface area contributed by atoms with E-state index in [0.29, 0.717) is 0 Å². The van der Waals surface area contributed by atoms with Crippen molar-refractivity contribution in [3.8, 4) is 0 Å². The molecule has 0 saturated heterocycles. The van der Waals surface area contributed by atoms with Crippen LogP contribution in [0.3, 0.4) is 0 Å². The molecule has 0 bridgehead atoms. The first-order chi connectivity index (χ1) is 0. The summed E-state index contributed by atoms with van der Waals surface area (Å²) in [6, 6.07) is 0. The molecular weight excluding hydrogens is 446 g/mol. The zero-order chi connectivity index (χ0) is 0. The monoisotopic (exact) mass is 447 g/mol. The topological polar surface area (TPSA) is 142 Å². The fourth-order valence-electron chi connectivity index (χ4n) is 0. The van der Waals surface area contributed by atoms with E-state index < -0.39 is 0 Å². The summed E-state index contributed by atoms with van der Waals surface area (Å²) in [6.07, 6.45) is 0. The minimum atomic E-state index is 0. The summed E-state index contributed by atoms with van der Waals surface area (Å²) >= 11 is 0. The normalized spacial score (nSPS) is 0. The van der Waals surface area contributed by atoms with E-state index in [1.807, 2.05) is 0 Å². The third-order valence-electron chi connectivity index (χ3n) is 0. The second-order valence-corrected chi connectivity index (χ2v) is 0. The Bertz CT molecular complexity index is 12.4. The van der Waals surface area contributed by atoms with Gasteiger partial charge < -0.3 is 27.4 Å². The third-order valence-corrected chi connectivity index (χ3v) is 0. The van der Waals surface area contributed by atoms with Crippen LogP contribution in [0.25, 0.3) is 0 Å². The molecule has 0 fully saturated rings. The van der Waals surface area contributed by atoms with Gasteiger partial charge in [0.15, 0.2) is 0 Å². The Morgan fingerprint density at radius 1 is 0.500 bits per heavy atom. The predicted molar refractivity (Wildman–Crippen MR) is 9.19 cm³/mol. The van der Waals surface area contributed by atoms with Crippen LogP contribution in [0.1, 0.15) is 0 Å². The van der Waals surface area contributed by atoms with Crippen molar-refractivity contribution in [2.75, 3.05) is 0 Å². The molecule has 8 heavy (non-hydrogen) atoms. The van der Waals surface area contributed by atoms with Crippen LogP contribution in [0.2, 0.25) is 0 Å². The van der Waals surface area contributed by atoms with Gasteiger partial charge in [0.1, 0.15) is 0 Å². The molecule has 0 rings (SSSR count). The van der Waals surface area contributed by atoms with Gasteiger partial charge in [-0.15, -0.1) is 0 Å². The van der Waals surface area contributed by atoms with Crippen LogP contribution in [-0.4, -0.2) is 26.2 Å². The smallest absolute Gasteiger partial charge is 2.00 e. The SMILES string of the molecule is [Bi+3].[Fe+3].[O-2].[O-2].[O-2].[O-2].[O-2].[Ru+4]. The maximum atomic E-state index is 0. The van der Waals surface area contributed by atoms with Gasteiger partial charge in [-0.05, 0) is 0 Å². The Hall–Kier alpha value is 1.83. The summed E-state index contributed by atoms with van der Waals surface area (Å²) in [5, 5.41) is 0. The van der Waals surface area contributed by atoms with E-state index >= 15 is 0 Å². The number of hydrogen-bond acceptors (Lipinski definition) is 0.